The number of primary amides is 1. The Bertz CT molecular complexity index is 199. The summed E-state index contributed by atoms with van der Waals surface area (Å²) in [5.74, 6) is -0.481. The van der Waals surface area contributed by atoms with Gasteiger partial charge in [-0.3, -0.25) is 9.32 Å². The fourth-order valence-corrected chi connectivity index (χ4v) is 0.479. The predicted molar refractivity (Wildman–Crippen MR) is 44.5 cm³/mol. The molecule has 0 unspecified atom stereocenters. The van der Waals surface area contributed by atoms with Gasteiger partial charge in [-0.25, -0.2) is 4.57 Å². The summed E-state index contributed by atoms with van der Waals surface area (Å²) in [6.45, 7) is 2.37. The van der Waals surface area contributed by atoms with Crippen molar-refractivity contribution in [3.05, 3.63) is 12.7 Å². The molecule has 0 aromatic heterocycles. The Labute approximate surface area is 75.1 Å². The van der Waals surface area contributed by atoms with Gasteiger partial charge in [-0.1, -0.05) is 6.58 Å². The first-order valence-electron chi connectivity index (χ1n) is 3.06. The van der Waals surface area contributed by atoms with E-state index in [4.69, 9.17) is 14.9 Å². The molecule has 0 saturated heterocycles. The van der Waals surface area contributed by atoms with E-state index in [2.05, 4.69) is 16.8 Å². The summed E-state index contributed by atoms with van der Waals surface area (Å²) in [6.07, 6.45) is 1.06. The average Bonchev–Trinajstić information content (AvgIpc) is 2.00. The van der Waals surface area contributed by atoms with Crippen molar-refractivity contribution in [3.8, 4) is 0 Å². The molecule has 0 atom stereocenters. The number of carbonyl (C=O) groups excluding carboxylic acids is 1. The highest BCUT2D eigenvalue weighted by Gasteiger charge is 2.11. The fourth-order valence-electron chi connectivity index (χ4n) is 0.160. The lowest BCUT2D eigenvalue weighted by molar-refractivity contribution is -0.113. The Morgan fingerprint density at radius 1 is 1.62 bits per heavy atom. The maximum atomic E-state index is 9.75. The molecule has 0 aromatic rings. The van der Waals surface area contributed by atoms with E-state index in [1.165, 1.54) is 0 Å². The standard InChI is InChI=1S/C3H5NO.C2H7O5P/c1-2-3(4)5;3-1-2-7-8(4,5)6/h2H,1H2,(H2,4,5);3H,1-2H2,(H2,4,5,6). The molecule has 1 amide bonds. The first kappa shape index (κ1) is 14.8. The molecule has 7 nitrogen and oxygen atoms in total. The summed E-state index contributed by atoms with van der Waals surface area (Å²) in [5, 5.41) is 7.96. The van der Waals surface area contributed by atoms with Crippen LogP contribution in [0.3, 0.4) is 0 Å². The minimum Gasteiger partial charge on any atom is -0.394 e. The van der Waals surface area contributed by atoms with Gasteiger partial charge in [0.25, 0.3) is 0 Å². The van der Waals surface area contributed by atoms with E-state index in [-0.39, 0.29) is 13.2 Å². The summed E-state index contributed by atoms with van der Waals surface area (Å²) in [5.41, 5.74) is 4.53. The SMILES string of the molecule is C=CC(N)=O.O=P(O)(O)OCCO. The maximum Gasteiger partial charge on any atom is 0.469 e. The van der Waals surface area contributed by atoms with E-state index < -0.39 is 13.7 Å². The first-order valence-corrected chi connectivity index (χ1v) is 4.59. The highest BCUT2D eigenvalue weighted by atomic mass is 31.2. The summed E-state index contributed by atoms with van der Waals surface area (Å²) < 4.78 is 13.5. The fraction of sp³-hybridized carbons (Fsp3) is 0.400. The Morgan fingerprint density at radius 3 is 2.08 bits per heavy atom. The lowest BCUT2D eigenvalue weighted by atomic mass is 10.6. The van der Waals surface area contributed by atoms with Gasteiger partial charge < -0.3 is 20.6 Å². The Kier molecular flexibility index (Phi) is 8.99. The minimum absolute atomic E-state index is 0.329. The third-order valence-electron chi connectivity index (χ3n) is 0.552. The van der Waals surface area contributed by atoms with Crippen molar-refractivity contribution in [3.63, 3.8) is 0 Å². The number of rotatable bonds is 4. The van der Waals surface area contributed by atoms with Gasteiger partial charge in [0.05, 0.1) is 13.2 Å². The van der Waals surface area contributed by atoms with Crippen LogP contribution in [0.1, 0.15) is 0 Å². The van der Waals surface area contributed by atoms with Crippen LogP contribution in [0.15, 0.2) is 12.7 Å². The maximum absolute atomic E-state index is 9.75. The lowest BCUT2D eigenvalue weighted by Gasteiger charge is -2.00. The number of nitrogens with two attached hydrogens (primary N) is 1. The van der Waals surface area contributed by atoms with Crippen LogP contribution in [0.4, 0.5) is 0 Å². The van der Waals surface area contributed by atoms with E-state index in [1.807, 2.05) is 0 Å². The molecule has 8 heteroatoms. The minimum atomic E-state index is -4.34. The molecule has 0 aliphatic rings. The van der Waals surface area contributed by atoms with Crippen molar-refractivity contribution in [2.75, 3.05) is 13.2 Å². The summed E-state index contributed by atoms with van der Waals surface area (Å²) in [7, 11) is -4.34. The van der Waals surface area contributed by atoms with Crippen LogP contribution in [0.2, 0.25) is 0 Å². The van der Waals surface area contributed by atoms with Crippen LogP contribution in [-0.4, -0.2) is 34.0 Å². The Morgan fingerprint density at radius 2 is 2.00 bits per heavy atom. The molecule has 13 heavy (non-hydrogen) atoms. The third kappa shape index (κ3) is 24.6. The molecule has 0 bridgehead atoms. The van der Waals surface area contributed by atoms with Gasteiger partial charge >= 0.3 is 7.82 Å². The van der Waals surface area contributed by atoms with Gasteiger partial charge in [-0.2, -0.15) is 0 Å². The Hall–Kier alpha value is -0.720. The molecule has 5 N–H and O–H groups in total. The van der Waals surface area contributed by atoms with Crippen molar-refractivity contribution >= 4 is 13.7 Å². The number of hydrogen-bond acceptors (Lipinski definition) is 4. The van der Waals surface area contributed by atoms with Crippen LogP contribution in [0.25, 0.3) is 0 Å². The van der Waals surface area contributed by atoms with Gasteiger partial charge in [-0.05, 0) is 6.08 Å². The van der Waals surface area contributed by atoms with Crippen LogP contribution < -0.4 is 5.73 Å². The van der Waals surface area contributed by atoms with Crippen molar-refractivity contribution in [2.24, 2.45) is 5.73 Å². The smallest absolute Gasteiger partial charge is 0.394 e. The second-order valence-corrected chi connectivity index (χ2v) is 2.89. The zero-order chi connectivity index (χ0) is 10.9. The number of amides is 1. The molecular formula is C5H12NO6P. The van der Waals surface area contributed by atoms with E-state index in [0.29, 0.717) is 0 Å². The number of aliphatic hydroxyl groups is 1. The second-order valence-electron chi connectivity index (χ2n) is 1.65. The van der Waals surface area contributed by atoms with Crippen molar-refractivity contribution in [1.29, 1.82) is 0 Å². The van der Waals surface area contributed by atoms with Crippen LogP contribution in [0.5, 0.6) is 0 Å². The summed E-state index contributed by atoms with van der Waals surface area (Å²) in [6, 6.07) is 0. The number of carbonyl (C=O) groups is 1. The third-order valence-corrected chi connectivity index (χ3v) is 1.07. The number of phosphoric acid groups is 1. The Balaban J connectivity index is 0. The van der Waals surface area contributed by atoms with Crippen molar-refractivity contribution in [1.82, 2.24) is 0 Å². The molecule has 78 valence electrons. The van der Waals surface area contributed by atoms with Gasteiger partial charge in [0, 0.05) is 0 Å². The topological polar surface area (TPSA) is 130 Å². The molecule has 0 rings (SSSR count). The van der Waals surface area contributed by atoms with Crippen molar-refractivity contribution in [2.45, 2.75) is 0 Å². The van der Waals surface area contributed by atoms with Gasteiger partial charge in [0.15, 0.2) is 0 Å². The zero-order valence-corrected chi connectivity index (χ0v) is 7.68. The highest BCUT2D eigenvalue weighted by molar-refractivity contribution is 7.46. The quantitative estimate of drug-likeness (QED) is 0.341. The molecule has 0 aromatic carbocycles. The highest BCUT2D eigenvalue weighted by Crippen LogP contribution is 2.34. The monoisotopic (exact) mass is 213 g/mol. The zero-order valence-electron chi connectivity index (χ0n) is 6.79. The molecule has 0 heterocycles. The van der Waals surface area contributed by atoms with Gasteiger partial charge in [0.1, 0.15) is 0 Å². The normalized spacial score (nSPS) is 9.77. The molecule has 0 saturated carbocycles. The largest absolute Gasteiger partial charge is 0.469 e. The van der Waals surface area contributed by atoms with Crippen LogP contribution in [0, 0.1) is 0 Å². The number of phosphoric ester groups is 1. The molecule has 0 spiro atoms. The lowest BCUT2D eigenvalue weighted by Crippen LogP contribution is -2.04. The molecular weight excluding hydrogens is 201 g/mol. The number of aliphatic hydroxyl groups excluding tert-OH is 1. The molecule has 0 fully saturated rings. The van der Waals surface area contributed by atoms with Crippen LogP contribution >= 0.6 is 7.82 Å². The van der Waals surface area contributed by atoms with E-state index in [0.717, 1.165) is 6.08 Å². The van der Waals surface area contributed by atoms with Crippen LogP contribution in [-0.2, 0) is 13.9 Å². The van der Waals surface area contributed by atoms with Gasteiger partial charge in [-0.15, -0.1) is 0 Å². The first-order chi connectivity index (χ1) is 5.83. The van der Waals surface area contributed by atoms with E-state index >= 15 is 0 Å². The summed E-state index contributed by atoms with van der Waals surface area (Å²) in [4.78, 5) is 25.3. The van der Waals surface area contributed by atoms with E-state index in [9.17, 15) is 9.36 Å². The predicted octanol–water partition coefficient (Wildman–Crippen LogP) is -1.25. The summed E-state index contributed by atoms with van der Waals surface area (Å²) >= 11 is 0. The van der Waals surface area contributed by atoms with Gasteiger partial charge in [0.2, 0.25) is 5.91 Å². The van der Waals surface area contributed by atoms with Crippen molar-refractivity contribution < 1.29 is 28.8 Å². The molecule has 0 aliphatic carbocycles. The molecule has 0 radical (unpaired) electrons. The van der Waals surface area contributed by atoms with E-state index in [1.54, 1.807) is 0 Å². The average molecular weight is 213 g/mol. The second kappa shape index (κ2) is 7.90. The number of hydrogen-bond donors (Lipinski definition) is 4. The molecule has 0 aliphatic heterocycles.